The minimum atomic E-state index is -3.27. The van der Waals surface area contributed by atoms with Crippen molar-refractivity contribution in [2.24, 2.45) is 7.05 Å². The van der Waals surface area contributed by atoms with Gasteiger partial charge in [0.05, 0.1) is 10.1 Å². The normalized spacial score (nSPS) is 16.4. The zero-order valence-electron chi connectivity index (χ0n) is 14.0. The summed E-state index contributed by atoms with van der Waals surface area (Å²) in [6.07, 6.45) is 2.97. The number of aryl methyl sites for hydroxylation is 1. The SMILES string of the molecule is Cn1c(N2CCC(S(=O)(=O)c3ccccc3)CC2)nc2cccnc21. The molecule has 0 bridgehead atoms. The highest BCUT2D eigenvalue weighted by atomic mass is 32.2. The van der Waals surface area contributed by atoms with Gasteiger partial charge in [-0.2, -0.15) is 0 Å². The lowest BCUT2D eigenvalue weighted by Crippen LogP contribution is -2.40. The Morgan fingerprint density at radius 3 is 2.44 bits per heavy atom. The van der Waals surface area contributed by atoms with Crippen LogP contribution in [0.1, 0.15) is 12.8 Å². The fourth-order valence-corrected chi connectivity index (χ4v) is 5.22. The maximum Gasteiger partial charge on any atom is 0.207 e. The molecular formula is C18H20N4O2S. The van der Waals surface area contributed by atoms with E-state index in [-0.39, 0.29) is 5.25 Å². The Morgan fingerprint density at radius 1 is 1.04 bits per heavy atom. The third-order valence-corrected chi connectivity index (χ3v) is 7.12. The van der Waals surface area contributed by atoms with Gasteiger partial charge in [-0.3, -0.25) is 4.57 Å². The predicted octanol–water partition coefficient (Wildman–Crippen LogP) is 2.41. The van der Waals surface area contributed by atoms with Gasteiger partial charge in [0.25, 0.3) is 0 Å². The molecule has 0 unspecified atom stereocenters. The van der Waals surface area contributed by atoms with Crippen LogP contribution in [-0.2, 0) is 16.9 Å². The van der Waals surface area contributed by atoms with Crippen LogP contribution in [0.5, 0.6) is 0 Å². The van der Waals surface area contributed by atoms with Crippen molar-refractivity contribution < 1.29 is 8.42 Å². The third kappa shape index (κ3) is 2.78. The van der Waals surface area contributed by atoms with Gasteiger partial charge in [0.1, 0.15) is 5.52 Å². The van der Waals surface area contributed by atoms with Crippen molar-refractivity contribution in [1.29, 1.82) is 0 Å². The van der Waals surface area contributed by atoms with Crippen LogP contribution in [0.3, 0.4) is 0 Å². The highest BCUT2D eigenvalue weighted by Gasteiger charge is 2.32. The molecule has 0 radical (unpaired) electrons. The Kier molecular flexibility index (Phi) is 3.95. The van der Waals surface area contributed by atoms with Crippen LogP contribution in [0.25, 0.3) is 11.2 Å². The van der Waals surface area contributed by atoms with Gasteiger partial charge in [-0.25, -0.2) is 18.4 Å². The first kappa shape index (κ1) is 16.1. The number of fused-ring (bicyclic) bond motifs is 1. The van der Waals surface area contributed by atoms with Crippen molar-refractivity contribution in [3.8, 4) is 0 Å². The molecule has 1 aliphatic rings. The standard InChI is InChI=1S/C18H20N4O2S/c1-21-17-16(8-5-11-19-17)20-18(21)22-12-9-15(10-13-22)25(23,24)14-6-3-2-4-7-14/h2-8,11,15H,9-10,12-13H2,1H3. The lowest BCUT2D eigenvalue weighted by Gasteiger charge is -2.32. The summed E-state index contributed by atoms with van der Waals surface area (Å²) >= 11 is 0. The molecule has 1 fully saturated rings. The van der Waals surface area contributed by atoms with E-state index >= 15 is 0 Å². The van der Waals surface area contributed by atoms with Crippen LogP contribution in [0, 0.1) is 0 Å². The summed E-state index contributed by atoms with van der Waals surface area (Å²) in [5.74, 6) is 0.851. The van der Waals surface area contributed by atoms with Gasteiger partial charge in [-0.15, -0.1) is 0 Å². The van der Waals surface area contributed by atoms with Gasteiger partial charge in [0.2, 0.25) is 5.95 Å². The lowest BCUT2D eigenvalue weighted by atomic mass is 10.1. The van der Waals surface area contributed by atoms with Crippen LogP contribution < -0.4 is 4.90 Å². The summed E-state index contributed by atoms with van der Waals surface area (Å²) in [5, 5.41) is -0.334. The van der Waals surface area contributed by atoms with E-state index in [0.717, 1.165) is 17.1 Å². The van der Waals surface area contributed by atoms with Gasteiger partial charge < -0.3 is 4.90 Å². The highest BCUT2D eigenvalue weighted by molar-refractivity contribution is 7.92. The number of hydrogen-bond acceptors (Lipinski definition) is 5. The van der Waals surface area contributed by atoms with Crippen LogP contribution in [0.15, 0.2) is 53.6 Å². The maximum atomic E-state index is 12.8. The average molecular weight is 356 g/mol. The van der Waals surface area contributed by atoms with Crippen molar-refractivity contribution in [2.75, 3.05) is 18.0 Å². The fraction of sp³-hybridized carbons (Fsp3) is 0.333. The van der Waals surface area contributed by atoms with Crippen LogP contribution in [0.2, 0.25) is 0 Å². The largest absolute Gasteiger partial charge is 0.342 e. The summed E-state index contributed by atoms with van der Waals surface area (Å²) in [7, 11) is -1.32. The number of nitrogens with zero attached hydrogens (tertiary/aromatic N) is 4. The maximum absolute atomic E-state index is 12.8. The molecule has 0 saturated carbocycles. The second-order valence-electron chi connectivity index (χ2n) is 6.36. The molecular weight excluding hydrogens is 336 g/mol. The summed E-state index contributed by atoms with van der Waals surface area (Å²) in [6, 6.07) is 12.6. The molecule has 0 amide bonds. The Hall–Kier alpha value is -2.41. The summed E-state index contributed by atoms with van der Waals surface area (Å²) < 4.78 is 27.6. The van der Waals surface area contributed by atoms with Gasteiger partial charge in [0.15, 0.2) is 15.5 Å². The Balaban J connectivity index is 1.54. The number of benzene rings is 1. The molecule has 6 nitrogen and oxygen atoms in total. The molecule has 1 saturated heterocycles. The second kappa shape index (κ2) is 6.15. The summed E-state index contributed by atoms with van der Waals surface area (Å²) in [6.45, 7) is 1.35. The van der Waals surface area contributed by atoms with Crippen LogP contribution >= 0.6 is 0 Å². The molecule has 3 heterocycles. The first-order valence-corrected chi connectivity index (χ1v) is 9.93. The van der Waals surface area contributed by atoms with Crippen molar-refractivity contribution >= 4 is 26.9 Å². The van der Waals surface area contributed by atoms with E-state index < -0.39 is 9.84 Å². The number of imidazole rings is 1. The molecule has 0 spiro atoms. The topological polar surface area (TPSA) is 68.1 Å². The minimum absolute atomic E-state index is 0.334. The zero-order valence-corrected chi connectivity index (χ0v) is 14.9. The van der Waals surface area contributed by atoms with E-state index in [4.69, 9.17) is 0 Å². The van der Waals surface area contributed by atoms with E-state index in [1.165, 1.54) is 0 Å². The number of hydrogen-bond donors (Lipinski definition) is 0. The fourth-order valence-electron chi connectivity index (χ4n) is 3.46. The van der Waals surface area contributed by atoms with Gasteiger partial charge in [0, 0.05) is 26.3 Å². The minimum Gasteiger partial charge on any atom is -0.342 e. The van der Waals surface area contributed by atoms with E-state index in [2.05, 4.69) is 14.9 Å². The van der Waals surface area contributed by atoms with E-state index in [1.54, 1.807) is 30.5 Å². The van der Waals surface area contributed by atoms with Crippen molar-refractivity contribution in [3.05, 3.63) is 48.7 Å². The molecule has 7 heteroatoms. The molecule has 25 heavy (non-hydrogen) atoms. The van der Waals surface area contributed by atoms with Crippen molar-refractivity contribution in [3.63, 3.8) is 0 Å². The number of pyridine rings is 1. The number of sulfone groups is 1. The van der Waals surface area contributed by atoms with E-state index in [1.807, 2.05) is 29.8 Å². The summed E-state index contributed by atoms with van der Waals surface area (Å²) in [5.41, 5.74) is 1.70. The number of aromatic nitrogens is 3. The van der Waals surface area contributed by atoms with E-state index in [0.29, 0.717) is 30.8 Å². The molecule has 3 aromatic rings. The van der Waals surface area contributed by atoms with Gasteiger partial charge >= 0.3 is 0 Å². The predicted molar refractivity (Wildman–Crippen MR) is 97.4 cm³/mol. The van der Waals surface area contributed by atoms with Gasteiger partial charge in [-0.05, 0) is 37.1 Å². The second-order valence-corrected chi connectivity index (χ2v) is 8.59. The highest BCUT2D eigenvalue weighted by Crippen LogP contribution is 2.28. The molecule has 1 aliphatic heterocycles. The smallest absolute Gasteiger partial charge is 0.207 e. The first-order chi connectivity index (χ1) is 12.1. The van der Waals surface area contributed by atoms with Crippen molar-refractivity contribution in [2.45, 2.75) is 23.0 Å². The number of anilines is 1. The Morgan fingerprint density at radius 2 is 1.76 bits per heavy atom. The molecule has 2 aromatic heterocycles. The quantitative estimate of drug-likeness (QED) is 0.721. The Bertz CT molecular complexity index is 990. The Labute approximate surface area is 147 Å². The van der Waals surface area contributed by atoms with Gasteiger partial charge in [-0.1, -0.05) is 18.2 Å². The van der Waals surface area contributed by atoms with Crippen LogP contribution in [0.4, 0.5) is 5.95 Å². The molecule has 4 rings (SSSR count). The number of piperidine rings is 1. The van der Waals surface area contributed by atoms with E-state index in [9.17, 15) is 8.42 Å². The summed E-state index contributed by atoms with van der Waals surface area (Å²) in [4.78, 5) is 11.6. The zero-order chi connectivity index (χ0) is 17.4. The molecule has 1 aromatic carbocycles. The average Bonchev–Trinajstić information content (AvgIpc) is 3.00. The molecule has 0 atom stereocenters. The molecule has 0 N–H and O–H groups in total. The molecule has 0 aliphatic carbocycles. The number of rotatable bonds is 3. The van der Waals surface area contributed by atoms with Crippen molar-refractivity contribution in [1.82, 2.24) is 14.5 Å². The first-order valence-electron chi connectivity index (χ1n) is 8.39. The third-order valence-electron chi connectivity index (χ3n) is 4.84. The monoisotopic (exact) mass is 356 g/mol. The van der Waals surface area contributed by atoms with Crippen LogP contribution in [-0.4, -0.2) is 41.3 Å². The lowest BCUT2D eigenvalue weighted by molar-refractivity contribution is 0.523. The molecule has 130 valence electrons.